The maximum absolute atomic E-state index is 12.8. The standard InChI is InChI=1S/C23H32ClN3O4S2/c1-7-31-21(29)14-27-20(28)13-18(25-22(27)32-6)15(2)12-19(26-33(30)23(3,4)5)16-8-10-17(24)11-9-16/h8-11,13,15,19,26H,7,12,14H2,1-6H3/t15-,19-,33-/m0/s1. The lowest BCUT2D eigenvalue weighted by Crippen LogP contribution is -2.36. The van der Waals surface area contributed by atoms with Crippen molar-refractivity contribution in [3.8, 4) is 0 Å². The van der Waals surface area contributed by atoms with Crippen LogP contribution in [-0.4, -0.2) is 37.3 Å². The lowest BCUT2D eigenvalue weighted by molar-refractivity contribution is -0.144. The van der Waals surface area contributed by atoms with Gasteiger partial charge in [-0.25, -0.2) is 13.9 Å². The Kier molecular flexibility index (Phi) is 10.1. The quantitative estimate of drug-likeness (QED) is 0.286. The third-order valence-electron chi connectivity index (χ3n) is 4.94. The van der Waals surface area contributed by atoms with Crippen LogP contribution in [0.2, 0.25) is 5.02 Å². The summed E-state index contributed by atoms with van der Waals surface area (Å²) in [7, 11) is -1.29. The number of hydrogen-bond acceptors (Lipinski definition) is 6. The van der Waals surface area contributed by atoms with Crippen molar-refractivity contribution in [2.24, 2.45) is 0 Å². The minimum atomic E-state index is -1.29. The van der Waals surface area contributed by atoms with Crippen LogP contribution in [0, 0.1) is 0 Å². The highest BCUT2D eigenvalue weighted by Crippen LogP contribution is 2.29. The molecular weight excluding hydrogens is 482 g/mol. The molecule has 10 heteroatoms. The first-order chi connectivity index (χ1) is 15.5. The Morgan fingerprint density at radius 2 is 1.94 bits per heavy atom. The van der Waals surface area contributed by atoms with E-state index in [9.17, 15) is 13.8 Å². The third kappa shape index (κ3) is 7.95. The monoisotopic (exact) mass is 513 g/mol. The van der Waals surface area contributed by atoms with E-state index in [0.29, 0.717) is 22.3 Å². The molecule has 7 nitrogen and oxygen atoms in total. The van der Waals surface area contributed by atoms with Crippen molar-refractivity contribution in [1.82, 2.24) is 14.3 Å². The van der Waals surface area contributed by atoms with Crippen molar-refractivity contribution in [1.29, 1.82) is 0 Å². The van der Waals surface area contributed by atoms with Gasteiger partial charge in [0.15, 0.2) is 5.16 Å². The summed E-state index contributed by atoms with van der Waals surface area (Å²) in [5.41, 5.74) is 1.26. The fourth-order valence-corrected chi connectivity index (χ4v) is 4.66. The molecule has 0 radical (unpaired) electrons. The molecule has 0 amide bonds. The number of esters is 1. The molecule has 2 aromatic rings. The van der Waals surface area contributed by atoms with E-state index in [1.807, 2.05) is 46.1 Å². The molecule has 1 N–H and O–H groups in total. The number of carbonyl (C=O) groups excluding carboxylic acids is 1. The summed E-state index contributed by atoms with van der Waals surface area (Å²) in [6, 6.07) is 8.64. The molecule has 0 fully saturated rings. The number of carbonyl (C=O) groups is 1. The number of benzene rings is 1. The number of rotatable bonds is 10. The van der Waals surface area contributed by atoms with Gasteiger partial charge in [-0.05, 0) is 58.1 Å². The fraction of sp³-hybridized carbons (Fsp3) is 0.522. The van der Waals surface area contributed by atoms with E-state index in [0.717, 1.165) is 5.56 Å². The van der Waals surface area contributed by atoms with Gasteiger partial charge in [-0.2, -0.15) is 0 Å². The van der Waals surface area contributed by atoms with E-state index in [1.165, 1.54) is 22.4 Å². The Balaban J connectivity index is 2.34. The molecule has 2 rings (SSSR count). The van der Waals surface area contributed by atoms with Crippen molar-refractivity contribution >= 4 is 40.3 Å². The first-order valence-corrected chi connectivity index (χ1v) is 13.5. The highest BCUT2D eigenvalue weighted by atomic mass is 35.5. The second-order valence-electron chi connectivity index (χ2n) is 8.64. The fourth-order valence-electron chi connectivity index (χ4n) is 3.12. The van der Waals surface area contributed by atoms with E-state index < -0.39 is 21.7 Å². The molecule has 33 heavy (non-hydrogen) atoms. The lowest BCUT2D eigenvalue weighted by Gasteiger charge is -2.27. The molecule has 0 saturated heterocycles. The summed E-state index contributed by atoms with van der Waals surface area (Å²) in [5, 5.41) is 1.07. The molecule has 1 heterocycles. The summed E-state index contributed by atoms with van der Waals surface area (Å²) < 4.78 is 21.9. The van der Waals surface area contributed by atoms with E-state index in [-0.39, 0.29) is 30.7 Å². The van der Waals surface area contributed by atoms with Gasteiger partial charge in [-0.3, -0.25) is 14.2 Å². The summed E-state index contributed by atoms with van der Waals surface area (Å²) in [5.74, 6) is -0.597. The van der Waals surface area contributed by atoms with Crippen LogP contribution in [0.5, 0.6) is 0 Å². The van der Waals surface area contributed by atoms with Gasteiger partial charge in [0.05, 0.1) is 28.0 Å². The van der Waals surface area contributed by atoms with Crippen molar-refractivity contribution in [2.45, 2.75) is 69.4 Å². The molecule has 0 unspecified atom stereocenters. The Hall–Kier alpha value is -1.68. The molecule has 1 aromatic carbocycles. The number of halogens is 1. The lowest BCUT2D eigenvalue weighted by atomic mass is 9.94. The van der Waals surface area contributed by atoms with Crippen LogP contribution in [0.1, 0.15) is 64.3 Å². The number of hydrogen-bond donors (Lipinski definition) is 1. The summed E-state index contributed by atoms with van der Waals surface area (Å²) in [6.45, 7) is 9.50. The Morgan fingerprint density at radius 1 is 1.30 bits per heavy atom. The van der Waals surface area contributed by atoms with Crippen LogP contribution in [0.15, 0.2) is 40.3 Å². The van der Waals surface area contributed by atoms with Gasteiger partial charge in [-0.1, -0.05) is 42.4 Å². The average molecular weight is 514 g/mol. The Bertz CT molecular complexity index is 1040. The maximum atomic E-state index is 12.8. The van der Waals surface area contributed by atoms with Crippen LogP contribution in [0.25, 0.3) is 0 Å². The number of nitrogens with one attached hydrogen (secondary N) is 1. The first kappa shape index (κ1) is 27.6. The van der Waals surface area contributed by atoms with Gasteiger partial charge < -0.3 is 4.74 Å². The molecule has 182 valence electrons. The predicted molar refractivity (Wildman–Crippen MR) is 135 cm³/mol. The van der Waals surface area contributed by atoms with Crippen LogP contribution in [0.3, 0.4) is 0 Å². The second-order valence-corrected chi connectivity index (χ2v) is 11.8. The second kappa shape index (κ2) is 12.1. The van der Waals surface area contributed by atoms with Crippen molar-refractivity contribution in [2.75, 3.05) is 12.9 Å². The molecular formula is C23H32ClN3O4S2. The largest absolute Gasteiger partial charge is 0.465 e. The van der Waals surface area contributed by atoms with E-state index in [1.54, 1.807) is 19.1 Å². The SMILES string of the molecule is CCOC(=O)Cn1c(SC)nc([C@@H](C)C[C@H](N[S@@](=O)C(C)(C)C)c2ccc(Cl)cc2)cc1=O. The molecule has 0 bridgehead atoms. The first-order valence-electron chi connectivity index (χ1n) is 10.7. The van der Waals surface area contributed by atoms with Gasteiger partial charge in [-0.15, -0.1) is 0 Å². The summed E-state index contributed by atoms with van der Waals surface area (Å²) in [6.07, 6.45) is 2.37. The zero-order valence-electron chi connectivity index (χ0n) is 19.9. The van der Waals surface area contributed by atoms with Crippen molar-refractivity contribution in [3.05, 3.63) is 57.0 Å². The van der Waals surface area contributed by atoms with Crippen LogP contribution in [-0.2, 0) is 27.1 Å². The van der Waals surface area contributed by atoms with Gasteiger partial charge in [0.1, 0.15) is 6.54 Å². The molecule has 3 atom stereocenters. The zero-order valence-corrected chi connectivity index (χ0v) is 22.3. The van der Waals surface area contributed by atoms with Crippen molar-refractivity contribution in [3.63, 3.8) is 0 Å². The molecule has 0 aliphatic rings. The minimum Gasteiger partial charge on any atom is -0.465 e. The topological polar surface area (TPSA) is 90.3 Å². The Labute approximate surface area is 207 Å². The number of thioether (sulfide) groups is 1. The predicted octanol–water partition coefficient (Wildman–Crippen LogP) is 4.47. The third-order valence-corrected chi connectivity index (χ3v) is 7.48. The molecule has 0 aliphatic heterocycles. The van der Waals surface area contributed by atoms with Gasteiger partial charge in [0, 0.05) is 23.0 Å². The van der Waals surface area contributed by atoms with E-state index in [2.05, 4.69) is 9.71 Å². The number of ether oxygens (including phenoxy) is 1. The van der Waals surface area contributed by atoms with Gasteiger partial charge >= 0.3 is 5.97 Å². The number of nitrogens with zero attached hydrogens (tertiary/aromatic N) is 2. The average Bonchev–Trinajstić information content (AvgIpc) is 2.74. The summed E-state index contributed by atoms with van der Waals surface area (Å²) >= 11 is 7.35. The smallest absolute Gasteiger partial charge is 0.326 e. The van der Waals surface area contributed by atoms with Crippen molar-refractivity contribution < 1.29 is 13.7 Å². The van der Waals surface area contributed by atoms with Crippen LogP contribution < -0.4 is 10.3 Å². The molecule has 1 aromatic heterocycles. The molecule has 0 aliphatic carbocycles. The molecule has 0 spiro atoms. The van der Waals surface area contributed by atoms with Crippen LogP contribution >= 0.6 is 23.4 Å². The maximum Gasteiger partial charge on any atom is 0.326 e. The highest BCUT2D eigenvalue weighted by Gasteiger charge is 2.26. The van der Waals surface area contributed by atoms with Gasteiger partial charge in [0.2, 0.25) is 0 Å². The highest BCUT2D eigenvalue weighted by molar-refractivity contribution is 7.98. The molecule has 0 saturated carbocycles. The normalized spacial score (nSPS) is 14.5. The van der Waals surface area contributed by atoms with Crippen LogP contribution in [0.4, 0.5) is 0 Å². The minimum absolute atomic E-state index is 0.119. The van der Waals surface area contributed by atoms with E-state index >= 15 is 0 Å². The van der Waals surface area contributed by atoms with E-state index in [4.69, 9.17) is 16.3 Å². The number of aromatic nitrogens is 2. The zero-order chi connectivity index (χ0) is 24.8. The van der Waals surface area contributed by atoms with Gasteiger partial charge in [0.25, 0.3) is 5.56 Å². The summed E-state index contributed by atoms with van der Waals surface area (Å²) in [4.78, 5) is 29.3. The Morgan fingerprint density at radius 3 is 2.48 bits per heavy atom.